The number of likely N-dealkylation sites (tertiary alicyclic amines) is 1. The molecule has 2 aromatic rings. The third-order valence-electron chi connectivity index (χ3n) is 8.38. The van der Waals surface area contributed by atoms with Crippen LogP contribution in [0.2, 0.25) is 0 Å². The zero-order valence-corrected chi connectivity index (χ0v) is 25.9. The minimum absolute atomic E-state index is 0.00223. The molecule has 0 unspecified atom stereocenters. The van der Waals surface area contributed by atoms with Gasteiger partial charge in [-0.1, -0.05) is 19.9 Å². The van der Waals surface area contributed by atoms with Crippen molar-refractivity contribution in [3.63, 3.8) is 0 Å². The number of urea groups is 2. The zero-order valence-electron chi connectivity index (χ0n) is 25.9. The molecule has 5 rings (SSSR count). The first-order valence-corrected chi connectivity index (χ1v) is 14.7. The van der Waals surface area contributed by atoms with Gasteiger partial charge in [-0.3, -0.25) is 4.90 Å². The smallest absolute Gasteiger partial charge is 0.325 e. The molecule has 3 aliphatic rings. The summed E-state index contributed by atoms with van der Waals surface area (Å²) in [5.74, 6) is 2.68. The van der Waals surface area contributed by atoms with E-state index in [9.17, 15) is 9.59 Å². The fraction of sp³-hybridized carbons (Fsp3) is 0.500. The highest BCUT2D eigenvalue weighted by Crippen LogP contribution is 2.46. The number of hydrogen-bond donors (Lipinski definition) is 1. The van der Waals surface area contributed by atoms with E-state index < -0.39 is 5.54 Å². The van der Waals surface area contributed by atoms with E-state index in [1.54, 1.807) is 51.5 Å². The van der Waals surface area contributed by atoms with Gasteiger partial charge in [-0.05, 0) is 61.9 Å². The Labute approximate surface area is 249 Å². The zero-order chi connectivity index (χ0) is 30.4. The van der Waals surface area contributed by atoms with Gasteiger partial charge in [0.05, 0.1) is 46.2 Å². The molecule has 1 spiro atoms. The first kappa shape index (κ1) is 30.9. The lowest BCUT2D eigenvalue weighted by Crippen LogP contribution is -2.55. The number of fused-ring (bicyclic) bond motifs is 3. The van der Waals surface area contributed by atoms with Crippen molar-refractivity contribution < 1.29 is 28.5 Å². The lowest BCUT2D eigenvalue weighted by molar-refractivity contribution is 0.106. The van der Waals surface area contributed by atoms with Gasteiger partial charge >= 0.3 is 12.1 Å². The molecule has 2 saturated heterocycles. The van der Waals surface area contributed by atoms with Crippen molar-refractivity contribution in [2.45, 2.75) is 58.5 Å². The number of hydrogen-bond acceptors (Lipinski definition) is 6. The molecule has 10 nitrogen and oxygen atoms in total. The van der Waals surface area contributed by atoms with E-state index in [0.717, 1.165) is 35.4 Å². The second-order valence-electron chi connectivity index (χ2n) is 10.2. The molecule has 0 radical (unpaired) electrons. The summed E-state index contributed by atoms with van der Waals surface area (Å²) >= 11 is 0. The van der Waals surface area contributed by atoms with Gasteiger partial charge in [0.25, 0.3) is 0 Å². The normalized spacial score (nSPS) is 18.4. The van der Waals surface area contributed by atoms with Crippen molar-refractivity contribution in [3.8, 4) is 23.0 Å². The van der Waals surface area contributed by atoms with Gasteiger partial charge < -0.3 is 34.1 Å². The topological polar surface area (TPSA) is 92.8 Å². The van der Waals surface area contributed by atoms with E-state index in [2.05, 4.69) is 11.4 Å². The van der Waals surface area contributed by atoms with Crippen molar-refractivity contribution >= 4 is 17.7 Å². The number of benzene rings is 2. The van der Waals surface area contributed by atoms with Crippen LogP contribution in [-0.4, -0.2) is 80.4 Å². The number of ether oxygens (including phenoxy) is 4. The molecule has 1 N–H and O–H groups in total. The number of anilines is 1. The van der Waals surface area contributed by atoms with Gasteiger partial charge in [0.2, 0.25) is 0 Å². The van der Waals surface area contributed by atoms with Crippen molar-refractivity contribution in [1.29, 1.82) is 0 Å². The summed E-state index contributed by atoms with van der Waals surface area (Å²) < 4.78 is 21.9. The number of carbonyl (C=O) groups excluding carboxylic acids is 2. The highest BCUT2D eigenvalue weighted by molar-refractivity contribution is 5.91. The van der Waals surface area contributed by atoms with E-state index in [-0.39, 0.29) is 12.1 Å². The monoisotopic (exact) mass is 580 g/mol. The van der Waals surface area contributed by atoms with E-state index in [1.807, 2.05) is 42.7 Å². The fourth-order valence-corrected chi connectivity index (χ4v) is 6.35. The Bertz CT molecular complexity index is 1320. The molecule has 10 heteroatoms. The number of piperidine rings is 1. The van der Waals surface area contributed by atoms with Crippen LogP contribution in [0.15, 0.2) is 42.1 Å². The van der Waals surface area contributed by atoms with Gasteiger partial charge in [-0.2, -0.15) is 0 Å². The average molecular weight is 581 g/mol. The average Bonchev–Trinajstić information content (AvgIpc) is 3.21. The number of amides is 4. The molecular weight excluding hydrogens is 536 g/mol. The molecule has 0 atom stereocenters. The van der Waals surface area contributed by atoms with E-state index in [0.29, 0.717) is 62.0 Å². The largest absolute Gasteiger partial charge is 0.497 e. The summed E-state index contributed by atoms with van der Waals surface area (Å²) in [7, 11) is 6.45. The van der Waals surface area contributed by atoms with Gasteiger partial charge in [0.1, 0.15) is 23.0 Å². The van der Waals surface area contributed by atoms with Gasteiger partial charge in [-0.15, -0.1) is 0 Å². The lowest BCUT2D eigenvalue weighted by atomic mass is 9.82. The number of likely N-dealkylation sites (N-methyl/N-ethyl adjacent to an activating group) is 1. The molecular formula is C32H44N4O6. The van der Waals surface area contributed by atoms with Crippen molar-refractivity contribution in [3.05, 3.63) is 53.2 Å². The second kappa shape index (κ2) is 13.3. The maximum Gasteiger partial charge on any atom is 0.325 e. The van der Waals surface area contributed by atoms with Crippen LogP contribution < -0.4 is 24.3 Å². The highest BCUT2D eigenvalue weighted by Gasteiger charge is 2.54. The third kappa shape index (κ3) is 5.54. The van der Waals surface area contributed by atoms with Crippen LogP contribution in [0, 0.1) is 0 Å². The Morgan fingerprint density at radius 1 is 0.929 bits per heavy atom. The lowest BCUT2D eigenvalue weighted by Gasteiger charge is -2.44. The number of methoxy groups -OCH3 is 4. The molecule has 0 aliphatic carbocycles. The number of rotatable bonds is 6. The maximum atomic E-state index is 13.8. The van der Waals surface area contributed by atoms with Gasteiger partial charge in [0.15, 0.2) is 0 Å². The number of nitrogens with one attached hydrogen (secondary N) is 1. The summed E-state index contributed by atoms with van der Waals surface area (Å²) in [6.45, 7) is 8.10. The maximum absolute atomic E-state index is 13.8. The van der Waals surface area contributed by atoms with Crippen LogP contribution in [0.25, 0.3) is 0 Å². The summed E-state index contributed by atoms with van der Waals surface area (Å²) in [6.07, 6.45) is 5.13. The summed E-state index contributed by atoms with van der Waals surface area (Å²) in [5.41, 5.74) is 3.29. The van der Waals surface area contributed by atoms with Crippen LogP contribution in [0.4, 0.5) is 15.3 Å². The Morgan fingerprint density at radius 2 is 1.62 bits per heavy atom. The molecule has 2 fully saturated rings. The SMILES string of the molecule is CC.CCN1C(=O)N2Cc3cc(OC)cc(OC)c3CC/C=C\2C12CCN(C(=O)Nc1cc(OC)ccc1OC)CC2. The second-order valence-corrected chi connectivity index (χ2v) is 10.2. The molecule has 0 bridgehead atoms. The Morgan fingerprint density at radius 3 is 2.24 bits per heavy atom. The van der Waals surface area contributed by atoms with Gasteiger partial charge in [-0.25, -0.2) is 9.59 Å². The fourth-order valence-electron chi connectivity index (χ4n) is 6.35. The minimum atomic E-state index is -0.448. The van der Waals surface area contributed by atoms with Crippen LogP contribution >= 0.6 is 0 Å². The molecule has 3 aliphatic heterocycles. The Kier molecular flexibility index (Phi) is 9.75. The summed E-state index contributed by atoms with van der Waals surface area (Å²) in [6, 6.07) is 9.01. The van der Waals surface area contributed by atoms with Crippen molar-refractivity contribution in [1.82, 2.24) is 14.7 Å². The van der Waals surface area contributed by atoms with Crippen LogP contribution in [-0.2, 0) is 13.0 Å². The molecule has 0 saturated carbocycles. The minimum Gasteiger partial charge on any atom is -0.497 e. The first-order valence-electron chi connectivity index (χ1n) is 14.7. The standard InChI is InChI=1S/C30H38N4O6.C2H6/c1-6-34-29(36)33-19-20-16-22(38-3)18-26(40-5)23(20)8-7-9-27(33)30(34)12-14-32(15-13-30)28(35)31-24-17-21(37-2)10-11-25(24)39-4;1-2/h9-11,16-18H,6-8,12-15,19H2,1-5H3,(H,31,35);1-2H3/b27-9-;. The third-order valence-corrected chi connectivity index (χ3v) is 8.38. The molecule has 2 aromatic carbocycles. The molecule has 42 heavy (non-hydrogen) atoms. The number of nitrogens with zero attached hydrogens (tertiary/aromatic N) is 3. The Hall–Kier alpha value is -4.08. The molecule has 0 aromatic heterocycles. The molecule has 4 amide bonds. The highest BCUT2D eigenvalue weighted by atomic mass is 16.5. The van der Waals surface area contributed by atoms with E-state index in [4.69, 9.17) is 18.9 Å². The summed E-state index contributed by atoms with van der Waals surface area (Å²) in [4.78, 5) is 32.8. The van der Waals surface area contributed by atoms with E-state index in [1.165, 1.54) is 0 Å². The predicted molar refractivity (Wildman–Crippen MR) is 163 cm³/mol. The summed E-state index contributed by atoms with van der Waals surface area (Å²) in [5, 5.41) is 2.98. The Balaban J connectivity index is 0.00000198. The first-order chi connectivity index (χ1) is 20.4. The number of allylic oxidation sites excluding steroid dienone is 1. The van der Waals surface area contributed by atoms with Crippen LogP contribution in [0.5, 0.6) is 23.0 Å². The number of carbonyl (C=O) groups is 2. The quantitative estimate of drug-likeness (QED) is 0.457. The molecule has 228 valence electrons. The van der Waals surface area contributed by atoms with Crippen LogP contribution in [0.1, 0.15) is 51.2 Å². The van der Waals surface area contributed by atoms with E-state index >= 15 is 0 Å². The van der Waals surface area contributed by atoms with Crippen molar-refractivity contribution in [2.24, 2.45) is 0 Å². The van der Waals surface area contributed by atoms with Crippen molar-refractivity contribution in [2.75, 3.05) is 53.4 Å². The van der Waals surface area contributed by atoms with Crippen LogP contribution in [0.3, 0.4) is 0 Å². The predicted octanol–water partition coefficient (Wildman–Crippen LogP) is 5.90. The van der Waals surface area contributed by atoms with Gasteiger partial charge in [0, 0.05) is 37.5 Å². The molecule has 3 heterocycles.